The Morgan fingerprint density at radius 3 is 2.18 bits per heavy atom. The number of benzene rings is 2. The summed E-state index contributed by atoms with van der Waals surface area (Å²) in [6.07, 6.45) is 0. The van der Waals surface area contributed by atoms with Crippen LogP contribution in [0.5, 0.6) is 0 Å². The summed E-state index contributed by atoms with van der Waals surface area (Å²) in [6.45, 7) is 0. The van der Waals surface area contributed by atoms with E-state index in [9.17, 15) is 0 Å². The van der Waals surface area contributed by atoms with E-state index in [0.717, 1.165) is 25.6 Å². The molecule has 0 bridgehead atoms. The third kappa shape index (κ3) is 3.25. The standard InChI is InChI=1S/C13H8Br2Cl2/c14-9-3-6-11(12(17)7-9)13(15)8-1-4-10(16)5-2-8/h1-7,13H. The van der Waals surface area contributed by atoms with Crippen LogP contribution in [0.3, 0.4) is 0 Å². The van der Waals surface area contributed by atoms with Gasteiger partial charge >= 0.3 is 0 Å². The lowest BCUT2D eigenvalue weighted by molar-refractivity contribution is 1.18. The molecule has 0 fully saturated rings. The summed E-state index contributed by atoms with van der Waals surface area (Å²) in [4.78, 5) is 0.0698. The molecule has 4 heteroatoms. The first-order valence-corrected chi connectivity index (χ1v) is 7.39. The van der Waals surface area contributed by atoms with Gasteiger partial charge in [0.05, 0.1) is 4.83 Å². The quantitative estimate of drug-likeness (QED) is 0.529. The van der Waals surface area contributed by atoms with E-state index in [2.05, 4.69) is 31.9 Å². The fourth-order valence-electron chi connectivity index (χ4n) is 1.52. The second-order valence-corrected chi connectivity index (χ2v) is 6.25. The minimum Gasteiger partial charge on any atom is -0.0843 e. The minimum absolute atomic E-state index is 0.0698. The average Bonchev–Trinajstić information content (AvgIpc) is 2.29. The van der Waals surface area contributed by atoms with Crippen molar-refractivity contribution in [3.63, 3.8) is 0 Å². The average molecular weight is 395 g/mol. The molecule has 0 heterocycles. The summed E-state index contributed by atoms with van der Waals surface area (Å²) in [5.74, 6) is 0. The van der Waals surface area contributed by atoms with Gasteiger partial charge in [0.2, 0.25) is 0 Å². The first-order valence-electron chi connectivity index (χ1n) is 4.92. The summed E-state index contributed by atoms with van der Waals surface area (Å²) >= 11 is 19.1. The normalized spacial score (nSPS) is 12.5. The molecule has 1 unspecified atom stereocenters. The molecule has 17 heavy (non-hydrogen) atoms. The maximum Gasteiger partial charge on any atom is 0.0659 e. The van der Waals surface area contributed by atoms with Gasteiger partial charge in [-0.3, -0.25) is 0 Å². The van der Waals surface area contributed by atoms with Crippen LogP contribution in [-0.4, -0.2) is 0 Å². The van der Waals surface area contributed by atoms with Gasteiger partial charge in [-0.05, 0) is 35.4 Å². The van der Waals surface area contributed by atoms with Crippen LogP contribution < -0.4 is 0 Å². The summed E-state index contributed by atoms with van der Waals surface area (Å²) in [7, 11) is 0. The largest absolute Gasteiger partial charge is 0.0843 e. The van der Waals surface area contributed by atoms with Crippen LogP contribution >= 0.6 is 55.1 Å². The third-order valence-corrected chi connectivity index (χ3v) is 4.49. The van der Waals surface area contributed by atoms with Crippen LogP contribution in [0, 0.1) is 0 Å². The van der Waals surface area contributed by atoms with Crippen LogP contribution in [0.1, 0.15) is 16.0 Å². The van der Waals surface area contributed by atoms with E-state index in [4.69, 9.17) is 23.2 Å². The molecule has 2 rings (SSSR count). The topological polar surface area (TPSA) is 0 Å². The summed E-state index contributed by atoms with van der Waals surface area (Å²) in [5.41, 5.74) is 2.16. The van der Waals surface area contributed by atoms with E-state index in [1.165, 1.54) is 0 Å². The molecule has 0 aliphatic carbocycles. The molecule has 0 amide bonds. The van der Waals surface area contributed by atoms with Crippen molar-refractivity contribution >= 4 is 55.1 Å². The first kappa shape index (κ1) is 13.4. The lowest BCUT2D eigenvalue weighted by atomic mass is 10.1. The second-order valence-electron chi connectivity index (χ2n) is 3.58. The van der Waals surface area contributed by atoms with Gasteiger partial charge in [0, 0.05) is 14.5 Å². The predicted molar refractivity (Wildman–Crippen MR) is 81.4 cm³/mol. The van der Waals surface area contributed by atoms with E-state index in [1.807, 2.05) is 42.5 Å². The monoisotopic (exact) mass is 392 g/mol. The molecular formula is C13H8Br2Cl2. The molecule has 0 nitrogen and oxygen atoms in total. The van der Waals surface area contributed by atoms with Crippen molar-refractivity contribution in [3.8, 4) is 0 Å². The Balaban J connectivity index is 2.36. The highest BCUT2D eigenvalue weighted by atomic mass is 79.9. The number of hydrogen-bond acceptors (Lipinski definition) is 0. The number of rotatable bonds is 2. The maximum atomic E-state index is 6.22. The lowest BCUT2D eigenvalue weighted by Crippen LogP contribution is -1.93. The molecule has 0 radical (unpaired) electrons. The predicted octanol–water partition coefficient (Wildman–Crippen LogP) is 6.24. The molecule has 2 aromatic rings. The molecule has 0 saturated carbocycles. The zero-order valence-corrected chi connectivity index (χ0v) is 13.3. The first-order chi connectivity index (χ1) is 8.08. The molecule has 0 spiro atoms. The fraction of sp³-hybridized carbons (Fsp3) is 0.0769. The highest BCUT2D eigenvalue weighted by molar-refractivity contribution is 9.10. The van der Waals surface area contributed by atoms with Crippen molar-refractivity contribution < 1.29 is 0 Å². The highest BCUT2D eigenvalue weighted by Crippen LogP contribution is 2.36. The molecular weight excluding hydrogens is 387 g/mol. The molecule has 88 valence electrons. The maximum absolute atomic E-state index is 6.22. The van der Waals surface area contributed by atoms with Crippen LogP contribution in [0.4, 0.5) is 0 Å². The fourth-order valence-corrected chi connectivity index (χ4v) is 3.26. The van der Waals surface area contributed by atoms with Crippen molar-refractivity contribution in [2.75, 3.05) is 0 Å². The van der Waals surface area contributed by atoms with Gasteiger partial charge in [0.1, 0.15) is 0 Å². The molecule has 0 aromatic heterocycles. The second kappa shape index (κ2) is 5.75. The SMILES string of the molecule is Clc1ccc(C(Br)c2ccc(Br)cc2Cl)cc1. The molecule has 0 aliphatic heterocycles. The van der Waals surface area contributed by atoms with Crippen LogP contribution in [-0.2, 0) is 0 Å². The minimum atomic E-state index is 0.0698. The van der Waals surface area contributed by atoms with E-state index in [-0.39, 0.29) is 4.83 Å². The van der Waals surface area contributed by atoms with Crippen molar-refractivity contribution in [1.82, 2.24) is 0 Å². The van der Waals surface area contributed by atoms with E-state index in [0.29, 0.717) is 0 Å². The van der Waals surface area contributed by atoms with Gasteiger partial charge in [-0.2, -0.15) is 0 Å². The van der Waals surface area contributed by atoms with Gasteiger partial charge in [-0.15, -0.1) is 0 Å². The Bertz CT molecular complexity index is 523. The Kier molecular flexibility index (Phi) is 4.53. The van der Waals surface area contributed by atoms with Crippen molar-refractivity contribution in [2.45, 2.75) is 4.83 Å². The van der Waals surface area contributed by atoms with Gasteiger partial charge in [-0.1, -0.05) is 73.3 Å². The third-order valence-electron chi connectivity index (χ3n) is 2.40. The smallest absolute Gasteiger partial charge is 0.0659 e. The summed E-state index contributed by atoms with van der Waals surface area (Å²) < 4.78 is 0.974. The van der Waals surface area contributed by atoms with Crippen LogP contribution in [0.25, 0.3) is 0 Å². The van der Waals surface area contributed by atoms with Gasteiger partial charge in [0.25, 0.3) is 0 Å². The summed E-state index contributed by atoms with van der Waals surface area (Å²) in [5, 5.41) is 1.46. The molecule has 2 aromatic carbocycles. The molecule has 0 saturated heterocycles. The van der Waals surface area contributed by atoms with E-state index >= 15 is 0 Å². The molecule has 0 aliphatic rings. The van der Waals surface area contributed by atoms with Gasteiger partial charge in [-0.25, -0.2) is 0 Å². The molecule has 1 atom stereocenters. The van der Waals surface area contributed by atoms with Crippen molar-refractivity contribution in [2.24, 2.45) is 0 Å². The van der Waals surface area contributed by atoms with E-state index in [1.54, 1.807) is 0 Å². The van der Waals surface area contributed by atoms with E-state index < -0.39 is 0 Å². The molecule has 0 N–H and O–H groups in total. The van der Waals surface area contributed by atoms with Gasteiger partial charge in [0.15, 0.2) is 0 Å². The van der Waals surface area contributed by atoms with Gasteiger partial charge < -0.3 is 0 Å². The lowest BCUT2D eigenvalue weighted by Gasteiger charge is -2.12. The van der Waals surface area contributed by atoms with Crippen molar-refractivity contribution in [3.05, 3.63) is 68.1 Å². The highest BCUT2D eigenvalue weighted by Gasteiger charge is 2.13. The van der Waals surface area contributed by atoms with Crippen LogP contribution in [0.15, 0.2) is 46.9 Å². The number of hydrogen-bond donors (Lipinski definition) is 0. The summed E-state index contributed by atoms with van der Waals surface area (Å²) in [6, 6.07) is 13.6. The van der Waals surface area contributed by atoms with Crippen LogP contribution in [0.2, 0.25) is 10.0 Å². The Labute approximate surface area is 127 Å². The zero-order valence-electron chi connectivity index (χ0n) is 8.63. The Morgan fingerprint density at radius 2 is 1.59 bits per heavy atom. The Hall–Kier alpha value is -0.0200. The number of alkyl halides is 1. The Morgan fingerprint density at radius 1 is 0.941 bits per heavy atom. The number of halogens is 4. The zero-order chi connectivity index (χ0) is 12.4. The van der Waals surface area contributed by atoms with Crippen molar-refractivity contribution in [1.29, 1.82) is 0 Å².